The van der Waals surface area contributed by atoms with Crippen molar-refractivity contribution in [3.05, 3.63) is 45.7 Å². The Morgan fingerprint density at radius 2 is 2.26 bits per heavy atom. The summed E-state index contributed by atoms with van der Waals surface area (Å²) in [5.74, 6) is 0. The minimum atomic E-state index is 0. The third-order valence-electron chi connectivity index (χ3n) is 2.77. The second-order valence-corrected chi connectivity index (χ2v) is 4.97. The minimum absolute atomic E-state index is 0. The Morgan fingerprint density at radius 1 is 1.47 bits per heavy atom. The van der Waals surface area contributed by atoms with Gasteiger partial charge in [-0.15, -0.1) is 0 Å². The van der Waals surface area contributed by atoms with Crippen LogP contribution in [-0.4, -0.2) is 16.7 Å². The van der Waals surface area contributed by atoms with Crippen LogP contribution in [0.15, 0.2) is 24.0 Å². The number of thiazole rings is 1. The summed E-state index contributed by atoms with van der Waals surface area (Å²) < 4.78 is 2.12. The topological polar surface area (TPSA) is 60.8 Å². The molecule has 0 bridgehead atoms. The molecule has 0 unspecified atom stereocenters. The second-order valence-electron chi connectivity index (χ2n) is 4.03. The van der Waals surface area contributed by atoms with Crippen molar-refractivity contribution in [3.8, 4) is 6.07 Å². The summed E-state index contributed by atoms with van der Waals surface area (Å²) in [6.45, 7) is 2.92. The van der Waals surface area contributed by atoms with Crippen molar-refractivity contribution < 1.29 is 26.7 Å². The fourth-order valence-corrected chi connectivity index (χ4v) is 2.76. The molecule has 0 fully saturated rings. The number of hydrogen-bond acceptors (Lipinski definition) is 4. The minimum Gasteiger partial charge on any atom is -1.00 e. The highest BCUT2D eigenvalue weighted by molar-refractivity contribution is 7.09. The van der Waals surface area contributed by atoms with Crippen LogP contribution in [0.5, 0.6) is 0 Å². The Hall–Kier alpha value is -1.29. The molecule has 6 heteroatoms. The van der Waals surface area contributed by atoms with Crippen molar-refractivity contribution in [2.24, 2.45) is 0 Å². The number of aliphatic hydroxyl groups excluding tert-OH is 1. The number of nitrogens with zero attached hydrogens (tertiary/aromatic N) is 3. The van der Waals surface area contributed by atoms with Gasteiger partial charge in [-0.1, -0.05) is 11.3 Å². The molecular formula is C13H14BrN3OS. The van der Waals surface area contributed by atoms with Gasteiger partial charge in [-0.25, -0.2) is 0 Å². The van der Waals surface area contributed by atoms with E-state index < -0.39 is 0 Å². The predicted molar refractivity (Wildman–Crippen MR) is 68.1 cm³/mol. The van der Waals surface area contributed by atoms with Crippen LogP contribution in [0, 0.1) is 18.3 Å². The van der Waals surface area contributed by atoms with Crippen LogP contribution in [-0.2, 0) is 13.0 Å². The Morgan fingerprint density at radius 3 is 2.95 bits per heavy atom. The fraction of sp³-hybridized carbons (Fsp3) is 0.308. The summed E-state index contributed by atoms with van der Waals surface area (Å²) >= 11 is 1.65. The molecule has 0 amide bonds. The Kier molecular flexibility index (Phi) is 6.09. The summed E-state index contributed by atoms with van der Waals surface area (Å²) in [6.07, 6.45) is 4.03. The van der Waals surface area contributed by atoms with Crippen LogP contribution in [0.2, 0.25) is 0 Å². The first-order valence-corrected chi connectivity index (χ1v) is 6.54. The van der Waals surface area contributed by atoms with E-state index in [1.807, 2.05) is 18.5 Å². The van der Waals surface area contributed by atoms with Gasteiger partial charge in [0, 0.05) is 37.9 Å². The first kappa shape index (κ1) is 15.8. The van der Waals surface area contributed by atoms with E-state index in [0.717, 1.165) is 11.3 Å². The lowest BCUT2D eigenvalue weighted by Gasteiger charge is -1.98. The molecule has 0 saturated heterocycles. The van der Waals surface area contributed by atoms with Crippen LogP contribution < -0.4 is 21.5 Å². The second kappa shape index (κ2) is 7.34. The smallest absolute Gasteiger partial charge is 0.225 e. The summed E-state index contributed by atoms with van der Waals surface area (Å²) in [5.41, 5.74) is 4.79. The zero-order valence-electron chi connectivity index (χ0n) is 10.5. The third-order valence-corrected chi connectivity index (χ3v) is 3.92. The van der Waals surface area contributed by atoms with Gasteiger partial charge in [0.15, 0.2) is 12.2 Å². The number of halogens is 1. The Labute approximate surface area is 126 Å². The van der Waals surface area contributed by atoms with Crippen LogP contribution >= 0.6 is 11.3 Å². The van der Waals surface area contributed by atoms with Crippen molar-refractivity contribution in [1.29, 1.82) is 5.26 Å². The maximum absolute atomic E-state index is 8.96. The average molecular weight is 340 g/mol. The molecule has 0 aliphatic rings. The summed E-state index contributed by atoms with van der Waals surface area (Å²) in [7, 11) is 0. The standard InChI is InChI=1S/C13H14N3OS.BrH/c1-10-13(2-3-17)18-9-16(10)8-12-4-11(5-14)6-15-7-12;/h4,6-7,9,17H,2-3,8H2,1H3;1H/q+1;/p-1. The van der Waals surface area contributed by atoms with Gasteiger partial charge in [-0.05, 0) is 6.07 Å². The molecule has 0 aliphatic carbocycles. The quantitative estimate of drug-likeness (QED) is 0.668. The van der Waals surface area contributed by atoms with E-state index in [1.165, 1.54) is 4.88 Å². The van der Waals surface area contributed by atoms with Crippen LogP contribution in [0.1, 0.15) is 21.7 Å². The van der Waals surface area contributed by atoms with Gasteiger partial charge in [-0.2, -0.15) is 9.83 Å². The molecule has 1 N–H and O–H groups in total. The SMILES string of the molecule is Cc1c(CCO)sc[n+]1Cc1cncc(C#N)c1.[Br-]. The van der Waals surface area contributed by atoms with Crippen molar-refractivity contribution in [2.75, 3.05) is 6.61 Å². The van der Waals surface area contributed by atoms with Crippen molar-refractivity contribution in [1.82, 2.24) is 4.98 Å². The zero-order chi connectivity index (χ0) is 13.0. The molecule has 2 rings (SSSR count). The number of nitriles is 1. The van der Waals surface area contributed by atoms with Gasteiger partial charge >= 0.3 is 0 Å². The molecule has 0 radical (unpaired) electrons. The molecule has 0 atom stereocenters. The average Bonchev–Trinajstić information content (AvgIpc) is 2.72. The lowest BCUT2D eigenvalue weighted by atomic mass is 10.2. The van der Waals surface area contributed by atoms with E-state index in [1.54, 1.807) is 23.7 Å². The molecule has 100 valence electrons. The molecule has 19 heavy (non-hydrogen) atoms. The number of pyridine rings is 1. The van der Waals surface area contributed by atoms with E-state index in [4.69, 9.17) is 10.4 Å². The van der Waals surface area contributed by atoms with Gasteiger partial charge in [0.25, 0.3) is 0 Å². The monoisotopic (exact) mass is 339 g/mol. The number of aromatic nitrogens is 2. The molecule has 0 saturated carbocycles. The highest BCUT2D eigenvalue weighted by Gasteiger charge is 2.15. The van der Waals surface area contributed by atoms with Crippen LogP contribution in [0.4, 0.5) is 0 Å². The molecule has 2 heterocycles. The normalized spacial score (nSPS) is 9.74. The van der Waals surface area contributed by atoms with Crippen LogP contribution in [0.25, 0.3) is 0 Å². The van der Waals surface area contributed by atoms with Gasteiger partial charge in [0.2, 0.25) is 5.51 Å². The molecule has 0 spiro atoms. The lowest BCUT2D eigenvalue weighted by molar-refractivity contribution is -0.689. The van der Waals surface area contributed by atoms with E-state index in [-0.39, 0.29) is 23.6 Å². The predicted octanol–water partition coefficient (Wildman–Crippen LogP) is -1.80. The van der Waals surface area contributed by atoms with Crippen molar-refractivity contribution >= 4 is 11.3 Å². The van der Waals surface area contributed by atoms with E-state index >= 15 is 0 Å². The summed E-state index contributed by atoms with van der Waals surface area (Å²) in [5, 5.41) is 17.8. The molecule has 0 aromatic carbocycles. The van der Waals surface area contributed by atoms with Crippen molar-refractivity contribution in [3.63, 3.8) is 0 Å². The Balaban J connectivity index is 0.00000180. The molecule has 2 aromatic heterocycles. The van der Waals surface area contributed by atoms with Gasteiger partial charge in [-0.3, -0.25) is 4.98 Å². The summed E-state index contributed by atoms with van der Waals surface area (Å²) in [6, 6.07) is 3.94. The van der Waals surface area contributed by atoms with Gasteiger partial charge in [0.05, 0.1) is 10.4 Å². The highest BCUT2D eigenvalue weighted by Crippen LogP contribution is 2.12. The maximum atomic E-state index is 8.96. The largest absolute Gasteiger partial charge is 1.00 e. The maximum Gasteiger partial charge on any atom is 0.225 e. The summed E-state index contributed by atoms with van der Waals surface area (Å²) in [4.78, 5) is 5.25. The van der Waals surface area contributed by atoms with Crippen LogP contribution in [0.3, 0.4) is 0 Å². The number of rotatable bonds is 4. The molecule has 2 aromatic rings. The van der Waals surface area contributed by atoms with E-state index in [0.29, 0.717) is 18.5 Å². The Bertz CT molecular complexity index is 592. The third kappa shape index (κ3) is 3.83. The number of aliphatic hydroxyl groups is 1. The fourth-order valence-electron chi connectivity index (χ4n) is 1.78. The van der Waals surface area contributed by atoms with E-state index in [9.17, 15) is 0 Å². The molecule has 0 aliphatic heterocycles. The van der Waals surface area contributed by atoms with Crippen molar-refractivity contribution in [2.45, 2.75) is 19.9 Å². The zero-order valence-corrected chi connectivity index (χ0v) is 12.9. The first-order chi connectivity index (χ1) is 8.74. The number of hydrogen-bond donors (Lipinski definition) is 1. The van der Waals surface area contributed by atoms with E-state index in [2.05, 4.69) is 15.6 Å². The highest BCUT2D eigenvalue weighted by atomic mass is 79.9. The first-order valence-electron chi connectivity index (χ1n) is 5.66. The molecule has 4 nitrogen and oxygen atoms in total. The van der Waals surface area contributed by atoms with Gasteiger partial charge in [0.1, 0.15) is 6.07 Å². The molecular weight excluding hydrogens is 326 g/mol. The van der Waals surface area contributed by atoms with Gasteiger partial charge < -0.3 is 22.1 Å². The lowest BCUT2D eigenvalue weighted by Crippen LogP contribution is -3.00.